The number of carbonyl (C=O) groups is 2. The van der Waals surface area contributed by atoms with Crippen LogP contribution in [0.3, 0.4) is 0 Å². The lowest BCUT2D eigenvalue weighted by atomic mass is 10.1. The van der Waals surface area contributed by atoms with E-state index in [4.69, 9.17) is 0 Å². The molecule has 0 bridgehead atoms. The Labute approximate surface area is 182 Å². The fourth-order valence-electron chi connectivity index (χ4n) is 4.51. The van der Waals surface area contributed by atoms with E-state index in [1.165, 1.54) is 35.7 Å². The van der Waals surface area contributed by atoms with E-state index in [1.807, 2.05) is 20.6 Å². The molecule has 0 radical (unpaired) electrons. The van der Waals surface area contributed by atoms with Crippen LogP contribution in [0.1, 0.15) is 36.8 Å². The summed E-state index contributed by atoms with van der Waals surface area (Å²) in [4.78, 5) is 33.6. The molecular formula is C23H30N4O2S. The Hall–Kier alpha value is -2.28. The number of benzene rings is 1. The minimum Gasteiger partial charge on any atom is -0.339 e. The van der Waals surface area contributed by atoms with Crippen LogP contribution in [-0.2, 0) is 9.59 Å². The van der Waals surface area contributed by atoms with Crippen LogP contribution < -0.4 is 0 Å². The SMILES string of the molecule is Cc1cc(C)cc(-n2ccnc2SCC(=O)N2CCN(C(=O)C3CCCC3)CC2)c1. The molecule has 1 aromatic heterocycles. The predicted molar refractivity (Wildman–Crippen MR) is 119 cm³/mol. The van der Waals surface area contributed by atoms with Gasteiger partial charge in [-0.05, 0) is 49.9 Å². The van der Waals surface area contributed by atoms with Crippen molar-refractivity contribution in [3.8, 4) is 5.69 Å². The molecule has 2 amide bonds. The molecule has 4 rings (SSSR count). The van der Waals surface area contributed by atoms with Crippen LogP contribution in [0.5, 0.6) is 0 Å². The van der Waals surface area contributed by atoms with E-state index in [-0.39, 0.29) is 11.8 Å². The average Bonchev–Trinajstić information content (AvgIpc) is 3.43. The summed E-state index contributed by atoms with van der Waals surface area (Å²) in [5.74, 6) is 0.984. The lowest BCUT2D eigenvalue weighted by Crippen LogP contribution is -2.52. The smallest absolute Gasteiger partial charge is 0.233 e. The third-order valence-electron chi connectivity index (χ3n) is 6.06. The standard InChI is InChI=1S/C23H30N4O2S/c1-17-13-18(2)15-20(14-17)27-8-7-24-23(27)30-16-21(28)25-9-11-26(12-10-25)22(29)19-5-3-4-6-19/h7-8,13-15,19H,3-6,9-12,16H2,1-2H3. The van der Waals surface area contributed by atoms with Gasteiger partial charge in [-0.3, -0.25) is 14.2 Å². The van der Waals surface area contributed by atoms with Gasteiger partial charge in [-0.15, -0.1) is 0 Å². The zero-order valence-electron chi connectivity index (χ0n) is 17.8. The first-order valence-corrected chi connectivity index (χ1v) is 11.8. The molecule has 0 atom stereocenters. The Morgan fingerprint density at radius 1 is 1.00 bits per heavy atom. The number of aromatic nitrogens is 2. The van der Waals surface area contributed by atoms with Gasteiger partial charge in [-0.25, -0.2) is 4.98 Å². The second-order valence-corrected chi connectivity index (χ2v) is 9.34. The van der Waals surface area contributed by atoms with Crippen LogP contribution in [0.4, 0.5) is 0 Å². The molecule has 1 aliphatic carbocycles. The monoisotopic (exact) mass is 426 g/mol. The predicted octanol–water partition coefficient (Wildman–Crippen LogP) is 3.44. The minimum absolute atomic E-state index is 0.114. The highest BCUT2D eigenvalue weighted by atomic mass is 32.2. The van der Waals surface area contributed by atoms with Crippen molar-refractivity contribution in [2.24, 2.45) is 5.92 Å². The third-order valence-corrected chi connectivity index (χ3v) is 7.02. The molecule has 1 aliphatic heterocycles. The molecule has 1 aromatic carbocycles. The Morgan fingerprint density at radius 2 is 1.63 bits per heavy atom. The summed E-state index contributed by atoms with van der Waals surface area (Å²) < 4.78 is 2.04. The van der Waals surface area contributed by atoms with Crippen molar-refractivity contribution in [1.82, 2.24) is 19.4 Å². The van der Waals surface area contributed by atoms with Crippen LogP contribution in [0.15, 0.2) is 35.7 Å². The number of piperazine rings is 1. The van der Waals surface area contributed by atoms with Gasteiger partial charge in [0.1, 0.15) is 0 Å². The van der Waals surface area contributed by atoms with Crippen molar-refractivity contribution in [1.29, 1.82) is 0 Å². The summed E-state index contributed by atoms with van der Waals surface area (Å²) in [6.07, 6.45) is 8.11. The number of nitrogens with zero attached hydrogens (tertiary/aromatic N) is 4. The van der Waals surface area contributed by atoms with Gasteiger partial charge >= 0.3 is 0 Å². The lowest BCUT2D eigenvalue weighted by molar-refractivity contribution is -0.141. The van der Waals surface area contributed by atoms with Crippen molar-refractivity contribution in [3.63, 3.8) is 0 Å². The van der Waals surface area contributed by atoms with Gasteiger partial charge < -0.3 is 9.80 Å². The van der Waals surface area contributed by atoms with Crippen LogP contribution in [-0.4, -0.2) is 63.1 Å². The number of aryl methyl sites for hydroxylation is 2. The molecule has 2 heterocycles. The highest BCUT2D eigenvalue weighted by molar-refractivity contribution is 7.99. The molecule has 2 aromatic rings. The fraction of sp³-hybridized carbons (Fsp3) is 0.522. The van der Waals surface area contributed by atoms with Crippen LogP contribution in [0.2, 0.25) is 0 Å². The Morgan fingerprint density at radius 3 is 2.30 bits per heavy atom. The third kappa shape index (κ3) is 4.72. The molecule has 7 heteroatoms. The zero-order chi connectivity index (χ0) is 21.1. The number of hydrogen-bond acceptors (Lipinski definition) is 4. The normalized spacial score (nSPS) is 17.5. The van der Waals surface area contributed by atoms with Crippen molar-refractivity contribution in [2.45, 2.75) is 44.7 Å². The van der Waals surface area contributed by atoms with Crippen LogP contribution in [0.25, 0.3) is 5.69 Å². The van der Waals surface area contributed by atoms with E-state index in [9.17, 15) is 9.59 Å². The molecule has 160 valence electrons. The molecule has 1 saturated carbocycles. The van der Waals surface area contributed by atoms with E-state index in [2.05, 4.69) is 37.0 Å². The van der Waals surface area contributed by atoms with E-state index in [0.29, 0.717) is 37.8 Å². The molecule has 0 unspecified atom stereocenters. The van der Waals surface area contributed by atoms with E-state index in [1.54, 1.807) is 6.20 Å². The summed E-state index contributed by atoms with van der Waals surface area (Å²) in [6, 6.07) is 6.40. The molecule has 30 heavy (non-hydrogen) atoms. The Kier molecular flexibility index (Phi) is 6.46. The van der Waals surface area contributed by atoms with Gasteiger partial charge in [0.15, 0.2) is 5.16 Å². The average molecular weight is 427 g/mol. The second kappa shape index (κ2) is 9.25. The van der Waals surface area contributed by atoms with Crippen molar-refractivity contribution in [3.05, 3.63) is 41.7 Å². The summed E-state index contributed by atoms with van der Waals surface area (Å²) in [5.41, 5.74) is 3.48. The number of hydrogen-bond donors (Lipinski definition) is 0. The van der Waals surface area contributed by atoms with Crippen LogP contribution in [0, 0.1) is 19.8 Å². The molecule has 0 N–H and O–H groups in total. The highest BCUT2D eigenvalue weighted by Crippen LogP contribution is 2.27. The molecular weight excluding hydrogens is 396 g/mol. The number of rotatable bonds is 5. The summed E-state index contributed by atoms with van der Waals surface area (Å²) in [6.45, 7) is 6.74. The van der Waals surface area contributed by atoms with Gasteiger partial charge in [0.05, 0.1) is 5.75 Å². The van der Waals surface area contributed by atoms with Crippen molar-refractivity contribution >= 4 is 23.6 Å². The molecule has 2 fully saturated rings. The summed E-state index contributed by atoms with van der Waals surface area (Å²) in [7, 11) is 0. The Balaban J connectivity index is 1.31. The van der Waals surface area contributed by atoms with Gasteiger partial charge in [0.25, 0.3) is 0 Å². The topological polar surface area (TPSA) is 58.4 Å². The minimum atomic E-state index is 0.114. The fourth-order valence-corrected chi connectivity index (χ4v) is 5.38. The maximum atomic E-state index is 12.7. The van der Waals surface area contributed by atoms with E-state index in [0.717, 1.165) is 23.7 Å². The molecule has 6 nitrogen and oxygen atoms in total. The Bertz CT molecular complexity index is 891. The number of thioether (sulfide) groups is 1. The van der Waals surface area contributed by atoms with Gasteiger partial charge in [-0.2, -0.15) is 0 Å². The largest absolute Gasteiger partial charge is 0.339 e. The highest BCUT2D eigenvalue weighted by Gasteiger charge is 2.30. The molecule has 0 spiro atoms. The van der Waals surface area contributed by atoms with Crippen molar-refractivity contribution < 1.29 is 9.59 Å². The van der Waals surface area contributed by atoms with E-state index >= 15 is 0 Å². The maximum Gasteiger partial charge on any atom is 0.233 e. The first kappa shape index (κ1) is 21.0. The van der Waals surface area contributed by atoms with Crippen LogP contribution >= 0.6 is 11.8 Å². The second-order valence-electron chi connectivity index (χ2n) is 8.40. The zero-order valence-corrected chi connectivity index (χ0v) is 18.7. The van der Waals surface area contributed by atoms with Crippen molar-refractivity contribution in [2.75, 3.05) is 31.9 Å². The number of amides is 2. The van der Waals surface area contributed by atoms with Gasteiger partial charge in [-0.1, -0.05) is 30.7 Å². The molecule has 1 saturated heterocycles. The number of carbonyl (C=O) groups excluding carboxylic acids is 2. The quantitative estimate of drug-likeness (QED) is 0.687. The summed E-state index contributed by atoms with van der Waals surface area (Å²) >= 11 is 1.47. The summed E-state index contributed by atoms with van der Waals surface area (Å²) in [5, 5.41) is 0.823. The lowest BCUT2D eigenvalue weighted by Gasteiger charge is -2.36. The first-order valence-electron chi connectivity index (χ1n) is 10.8. The van der Waals surface area contributed by atoms with Gasteiger partial charge in [0, 0.05) is 50.2 Å². The van der Waals surface area contributed by atoms with E-state index < -0.39 is 0 Å². The van der Waals surface area contributed by atoms with Gasteiger partial charge in [0.2, 0.25) is 11.8 Å². The first-order chi connectivity index (χ1) is 14.5. The maximum absolute atomic E-state index is 12.7. The number of imidazole rings is 1. The molecule has 2 aliphatic rings.